The molecule has 7 heteroatoms. The summed E-state index contributed by atoms with van der Waals surface area (Å²) in [6, 6.07) is 24.2. The van der Waals surface area contributed by atoms with E-state index in [-0.39, 0.29) is 6.04 Å². The van der Waals surface area contributed by atoms with Crippen LogP contribution >= 0.6 is 11.8 Å². The Morgan fingerprint density at radius 2 is 1.75 bits per heavy atom. The molecule has 5 rings (SSSR count). The van der Waals surface area contributed by atoms with Crippen molar-refractivity contribution < 1.29 is 4.74 Å². The van der Waals surface area contributed by atoms with Crippen molar-refractivity contribution in [3.8, 4) is 28.7 Å². The Bertz CT molecular complexity index is 1580. The van der Waals surface area contributed by atoms with Crippen LogP contribution in [0.25, 0.3) is 22.2 Å². The van der Waals surface area contributed by atoms with E-state index in [1.54, 1.807) is 11.8 Å². The molecule has 0 radical (unpaired) electrons. The van der Waals surface area contributed by atoms with Gasteiger partial charge in [0.2, 0.25) is 0 Å². The monoisotopic (exact) mass is 491 g/mol. The van der Waals surface area contributed by atoms with E-state index in [4.69, 9.17) is 10.5 Å². The molecule has 2 N–H and O–H groups in total. The topological polar surface area (TPSA) is 89.8 Å². The number of anilines is 1. The van der Waals surface area contributed by atoms with E-state index in [0.717, 1.165) is 32.0 Å². The molecule has 3 aromatic carbocycles. The highest BCUT2D eigenvalue weighted by Crippen LogP contribution is 2.38. The molecule has 178 valence electrons. The third kappa shape index (κ3) is 4.51. The molecular formula is C29H25N5OS. The lowest BCUT2D eigenvalue weighted by Crippen LogP contribution is -2.00. The summed E-state index contributed by atoms with van der Waals surface area (Å²) in [4.78, 5) is 10.6. The van der Waals surface area contributed by atoms with E-state index in [9.17, 15) is 5.26 Å². The Hall–Kier alpha value is -4.28. The minimum Gasteiger partial charge on any atom is -0.456 e. The molecule has 2 heterocycles. The third-order valence-electron chi connectivity index (χ3n) is 5.94. The first-order chi connectivity index (χ1) is 17.4. The average Bonchev–Trinajstić information content (AvgIpc) is 3.28. The normalized spacial score (nSPS) is 11.1. The molecule has 0 aliphatic rings. The van der Waals surface area contributed by atoms with Crippen LogP contribution in [0.1, 0.15) is 31.0 Å². The Balaban J connectivity index is 1.44. The Labute approximate surface area is 214 Å². The summed E-state index contributed by atoms with van der Waals surface area (Å²) in [6.45, 7) is 6.27. The Kier molecular flexibility index (Phi) is 6.36. The lowest BCUT2D eigenvalue weighted by Gasteiger charge is -2.11. The molecule has 36 heavy (non-hydrogen) atoms. The summed E-state index contributed by atoms with van der Waals surface area (Å²) in [5, 5.41) is 10.7. The lowest BCUT2D eigenvalue weighted by atomic mass is 10.1. The lowest BCUT2D eigenvalue weighted by molar-refractivity contribution is 0.479. The third-order valence-corrected chi connectivity index (χ3v) is 7.00. The minimum atomic E-state index is 0.229. The number of ether oxygens (including phenoxy) is 1. The van der Waals surface area contributed by atoms with Crippen LogP contribution < -0.4 is 10.5 Å². The van der Waals surface area contributed by atoms with Crippen LogP contribution in [0, 0.1) is 18.3 Å². The standard InChI is InChI=1S/C29H25N5OS/c1-18(2)34-16-24(27-28(31)32-17-33-29(27)34)20-9-11-21(12-10-20)35-25-5-4-6-26(23(25)15-30)36-22-13-7-19(3)8-14-22/h4-14,16-18H,1-3H3,(H2,31,32,33). The number of hydrogen-bond acceptors (Lipinski definition) is 6. The largest absolute Gasteiger partial charge is 0.456 e. The van der Waals surface area contributed by atoms with Gasteiger partial charge in [0.25, 0.3) is 0 Å². The molecule has 0 unspecified atom stereocenters. The number of aryl methyl sites for hydroxylation is 1. The predicted octanol–water partition coefficient (Wildman–Crippen LogP) is 7.39. The number of benzene rings is 3. The molecule has 0 saturated carbocycles. The van der Waals surface area contributed by atoms with Crippen LogP contribution in [0.15, 0.2) is 89.0 Å². The van der Waals surface area contributed by atoms with Gasteiger partial charge in [0.05, 0.1) is 5.39 Å². The fourth-order valence-electron chi connectivity index (χ4n) is 4.07. The van der Waals surface area contributed by atoms with Gasteiger partial charge in [-0.2, -0.15) is 5.26 Å². The summed E-state index contributed by atoms with van der Waals surface area (Å²) < 4.78 is 8.25. The van der Waals surface area contributed by atoms with Crippen molar-refractivity contribution in [1.82, 2.24) is 14.5 Å². The zero-order valence-electron chi connectivity index (χ0n) is 20.3. The van der Waals surface area contributed by atoms with Gasteiger partial charge in [-0.1, -0.05) is 47.7 Å². The SMILES string of the molecule is Cc1ccc(Sc2cccc(Oc3ccc(-c4cn(C(C)C)c5ncnc(N)c45)cc3)c2C#N)cc1. The van der Waals surface area contributed by atoms with E-state index >= 15 is 0 Å². The molecule has 0 bridgehead atoms. The number of fused-ring (bicyclic) bond motifs is 1. The number of nitrogens with zero attached hydrogens (tertiary/aromatic N) is 4. The van der Waals surface area contributed by atoms with Gasteiger partial charge in [-0.3, -0.25) is 0 Å². The van der Waals surface area contributed by atoms with Crippen molar-refractivity contribution in [2.75, 3.05) is 5.73 Å². The predicted molar refractivity (Wildman–Crippen MR) is 144 cm³/mol. The van der Waals surface area contributed by atoms with E-state index < -0.39 is 0 Å². The van der Waals surface area contributed by atoms with Gasteiger partial charge in [-0.05, 0) is 62.7 Å². The van der Waals surface area contributed by atoms with E-state index in [2.05, 4.69) is 71.8 Å². The molecule has 0 atom stereocenters. The molecule has 0 amide bonds. The summed E-state index contributed by atoms with van der Waals surface area (Å²) in [6.07, 6.45) is 3.56. The van der Waals surface area contributed by atoms with Crippen molar-refractivity contribution >= 4 is 28.6 Å². The number of aromatic nitrogens is 3. The van der Waals surface area contributed by atoms with Gasteiger partial charge in [0.1, 0.15) is 40.9 Å². The van der Waals surface area contributed by atoms with Crippen molar-refractivity contribution in [1.29, 1.82) is 5.26 Å². The van der Waals surface area contributed by atoms with Crippen LogP contribution in [0.2, 0.25) is 0 Å². The van der Waals surface area contributed by atoms with Crippen molar-refractivity contribution in [2.24, 2.45) is 0 Å². The van der Waals surface area contributed by atoms with Crippen LogP contribution in [0.5, 0.6) is 11.5 Å². The van der Waals surface area contributed by atoms with Crippen LogP contribution in [-0.2, 0) is 0 Å². The highest BCUT2D eigenvalue weighted by atomic mass is 32.2. The van der Waals surface area contributed by atoms with Crippen molar-refractivity contribution in [3.05, 3.63) is 90.4 Å². The molecule has 6 nitrogen and oxygen atoms in total. The van der Waals surface area contributed by atoms with Crippen LogP contribution in [0.4, 0.5) is 5.82 Å². The number of nitrogen functional groups attached to an aromatic ring is 1. The molecule has 0 aliphatic carbocycles. The van der Waals surface area contributed by atoms with Crippen LogP contribution in [0.3, 0.4) is 0 Å². The average molecular weight is 492 g/mol. The Morgan fingerprint density at radius 3 is 2.44 bits per heavy atom. The summed E-state index contributed by atoms with van der Waals surface area (Å²) >= 11 is 1.55. The zero-order chi connectivity index (χ0) is 25.2. The molecular weight excluding hydrogens is 466 g/mol. The summed E-state index contributed by atoms with van der Waals surface area (Å²) in [5.41, 5.74) is 10.7. The smallest absolute Gasteiger partial charge is 0.146 e. The first-order valence-electron chi connectivity index (χ1n) is 11.6. The molecule has 2 aromatic heterocycles. The number of hydrogen-bond donors (Lipinski definition) is 1. The van der Waals surface area contributed by atoms with Gasteiger partial charge in [-0.15, -0.1) is 0 Å². The first kappa shape index (κ1) is 23.5. The number of rotatable bonds is 6. The molecule has 0 saturated heterocycles. The highest BCUT2D eigenvalue weighted by Gasteiger charge is 2.17. The molecule has 0 fully saturated rings. The maximum Gasteiger partial charge on any atom is 0.146 e. The fraction of sp³-hybridized carbons (Fsp3) is 0.138. The molecule has 0 aliphatic heterocycles. The van der Waals surface area contributed by atoms with Gasteiger partial charge < -0.3 is 15.0 Å². The number of nitriles is 1. The zero-order valence-corrected chi connectivity index (χ0v) is 21.1. The molecule has 5 aromatic rings. The van der Waals surface area contributed by atoms with Crippen molar-refractivity contribution in [3.63, 3.8) is 0 Å². The van der Waals surface area contributed by atoms with Crippen LogP contribution in [-0.4, -0.2) is 14.5 Å². The fourth-order valence-corrected chi connectivity index (χ4v) is 5.00. The maximum absolute atomic E-state index is 9.90. The summed E-state index contributed by atoms with van der Waals surface area (Å²) in [5.74, 6) is 1.62. The number of nitrogens with two attached hydrogens (primary N) is 1. The minimum absolute atomic E-state index is 0.229. The second-order valence-electron chi connectivity index (χ2n) is 8.78. The van der Waals surface area contributed by atoms with E-state index in [1.165, 1.54) is 11.9 Å². The molecule has 0 spiro atoms. The first-order valence-corrected chi connectivity index (χ1v) is 12.4. The second kappa shape index (κ2) is 9.76. The van der Waals surface area contributed by atoms with E-state index in [0.29, 0.717) is 22.9 Å². The quantitative estimate of drug-likeness (QED) is 0.266. The second-order valence-corrected chi connectivity index (χ2v) is 9.90. The van der Waals surface area contributed by atoms with Crippen molar-refractivity contribution in [2.45, 2.75) is 36.6 Å². The highest BCUT2D eigenvalue weighted by molar-refractivity contribution is 7.99. The van der Waals surface area contributed by atoms with Gasteiger partial charge >= 0.3 is 0 Å². The Morgan fingerprint density at radius 1 is 1.00 bits per heavy atom. The van der Waals surface area contributed by atoms with Gasteiger partial charge in [0, 0.05) is 27.6 Å². The van der Waals surface area contributed by atoms with Gasteiger partial charge in [-0.25, -0.2) is 9.97 Å². The van der Waals surface area contributed by atoms with E-state index in [1.807, 2.05) is 42.5 Å². The van der Waals surface area contributed by atoms with Gasteiger partial charge in [0.15, 0.2) is 0 Å². The summed E-state index contributed by atoms with van der Waals surface area (Å²) in [7, 11) is 0. The maximum atomic E-state index is 9.90.